The van der Waals surface area contributed by atoms with E-state index in [1.807, 2.05) is 6.07 Å². The molecular weight excluding hydrogens is 290 g/mol. The molecule has 2 aromatic carbocycles. The number of hydrogen-bond acceptors (Lipinski definition) is 5. The molecule has 1 N–H and O–H groups in total. The van der Waals surface area contributed by atoms with Crippen LogP contribution in [0.25, 0.3) is 10.2 Å². The maximum Gasteiger partial charge on any atom is 0.296 e. The third kappa shape index (κ3) is 2.59. The van der Waals surface area contributed by atoms with Gasteiger partial charge in [0.1, 0.15) is 0 Å². The van der Waals surface area contributed by atoms with Gasteiger partial charge in [-0.15, -0.1) is 0 Å². The lowest BCUT2D eigenvalue weighted by Gasteiger charge is -2.00. The number of aromatic nitrogens is 1. The van der Waals surface area contributed by atoms with Gasteiger partial charge in [-0.1, -0.05) is 35.6 Å². The van der Waals surface area contributed by atoms with Crippen molar-refractivity contribution in [3.05, 3.63) is 64.2 Å². The molecule has 0 spiro atoms. The highest BCUT2D eigenvalue weighted by Gasteiger charge is 2.17. The van der Waals surface area contributed by atoms with Crippen LogP contribution in [0.1, 0.15) is 10.4 Å². The van der Waals surface area contributed by atoms with Crippen LogP contribution in [-0.4, -0.2) is 15.8 Å². The van der Waals surface area contributed by atoms with Gasteiger partial charge in [0, 0.05) is 11.6 Å². The molecule has 3 rings (SSSR count). The third-order valence-electron chi connectivity index (χ3n) is 2.85. The second kappa shape index (κ2) is 5.29. The lowest BCUT2D eigenvalue weighted by Crippen LogP contribution is -2.11. The molecule has 0 atom stereocenters. The zero-order valence-electron chi connectivity index (χ0n) is 10.6. The summed E-state index contributed by atoms with van der Waals surface area (Å²) < 4.78 is 0.660. The Bertz CT molecular complexity index is 830. The average molecular weight is 299 g/mol. The van der Waals surface area contributed by atoms with E-state index in [-0.39, 0.29) is 17.1 Å². The Morgan fingerprint density at radius 2 is 1.90 bits per heavy atom. The number of nitro groups is 1. The summed E-state index contributed by atoms with van der Waals surface area (Å²) in [6.07, 6.45) is 0. The van der Waals surface area contributed by atoms with E-state index in [9.17, 15) is 14.9 Å². The molecule has 0 aliphatic carbocycles. The Labute approximate surface area is 123 Å². The SMILES string of the molecule is O=C(Nc1nc2c([N+](=O)[O-])cccc2s1)c1ccccc1. The molecule has 0 radical (unpaired) electrons. The van der Waals surface area contributed by atoms with Crippen LogP contribution >= 0.6 is 11.3 Å². The summed E-state index contributed by atoms with van der Waals surface area (Å²) in [5, 5.41) is 14.0. The molecule has 0 bridgehead atoms. The molecule has 1 amide bonds. The maximum atomic E-state index is 12.0. The number of rotatable bonds is 3. The number of amides is 1. The molecule has 0 saturated carbocycles. The number of benzene rings is 2. The van der Waals surface area contributed by atoms with Gasteiger partial charge in [-0.3, -0.25) is 20.2 Å². The molecule has 104 valence electrons. The van der Waals surface area contributed by atoms with Crippen LogP contribution in [0.5, 0.6) is 0 Å². The van der Waals surface area contributed by atoms with Crippen molar-refractivity contribution in [1.29, 1.82) is 0 Å². The van der Waals surface area contributed by atoms with Gasteiger partial charge >= 0.3 is 0 Å². The van der Waals surface area contributed by atoms with Crippen molar-refractivity contribution in [2.45, 2.75) is 0 Å². The first kappa shape index (κ1) is 13.2. The molecule has 7 heteroatoms. The van der Waals surface area contributed by atoms with Crippen LogP contribution in [0.2, 0.25) is 0 Å². The molecular formula is C14H9N3O3S. The second-order valence-corrected chi connectivity index (χ2v) is 5.25. The summed E-state index contributed by atoms with van der Waals surface area (Å²) in [5.41, 5.74) is 0.728. The number of non-ortho nitro benzene ring substituents is 1. The fourth-order valence-corrected chi connectivity index (χ4v) is 2.78. The van der Waals surface area contributed by atoms with Gasteiger partial charge in [-0.2, -0.15) is 0 Å². The normalized spacial score (nSPS) is 10.5. The van der Waals surface area contributed by atoms with Crippen molar-refractivity contribution in [1.82, 2.24) is 4.98 Å². The summed E-state index contributed by atoms with van der Waals surface area (Å²) in [7, 11) is 0. The molecule has 1 aromatic heterocycles. The molecule has 6 nitrogen and oxygen atoms in total. The van der Waals surface area contributed by atoms with Crippen LogP contribution in [0.4, 0.5) is 10.8 Å². The summed E-state index contributed by atoms with van der Waals surface area (Å²) in [6, 6.07) is 13.4. The standard InChI is InChI=1S/C14H9N3O3S/c18-13(9-5-2-1-3-6-9)16-14-15-12-10(17(19)20)7-4-8-11(12)21-14/h1-8H,(H,15,16,18). The molecule has 0 saturated heterocycles. The van der Waals surface area contributed by atoms with E-state index in [2.05, 4.69) is 10.3 Å². The second-order valence-electron chi connectivity index (χ2n) is 4.22. The van der Waals surface area contributed by atoms with E-state index in [0.29, 0.717) is 15.4 Å². The number of carbonyl (C=O) groups excluding carboxylic acids is 1. The fraction of sp³-hybridized carbons (Fsp3) is 0. The van der Waals surface area contributed by atoms with E-state index in [0.717, 1.165) is 0 Å². The largest absolute Gasteiger partial charge is 0.298 e. The first-order valence-corrected chi connectivity index (χ1v) is 6.87. The quantitative estimate of drug-likeness (QED) is 0.593. The Balaban J connectivity index is 1.94. The number of para-hydroxylation sites is 1. The predicted octanol–water partition coefficient (Wildman–Crippen LogP) is 3.46. The molecule has 0 fully saturated rings. The fourth-order valence-electron chi connectivity index (χ4n) is 1.89. The van der Waals surface area contributed by atoms with Crippen molar-refractivity contribution in [2.75, 3.05) is 5.32 Å². The van der Waals surface area contributed by atoms with Crippen LogP contribution < -0.4 is 5.32 Å². The summed E-state index contributed by atoms with van der Waals surface area (Å²) in [4.78, 5) is 26.6. The van der Waals surface area contributed by atoms with Gasteiger partial charge < -0.3 is 0 Å². The van der Waals surface area contributed by atoms with E-state index in [1.165, 1.54) is 17.4 Å². The Kier molecular flexibility index (Phi) is 3.33. The number of nitrogens with one attached hydrogen (secondary N) is 1. The number of fused-ring (bicyclic) bond motifs is 1. The Morgan fingerprint density at radius 1 is 1.14 bits per heavy atom. The van der Waals surface area contributed by atoms with Crippen molar-refractivity contribution in [3.8, 4) is 0 Å². The van der Waals surface area contributed by atoms with E-state index in [1.54, 1.807) is 36.4 Å². The summed E-state index contributed by atoms with van der Waals surface area (Å²) in [6.45, 7) is 0. The smallest absolute Gasteiger partial charge is 0.296 e. The zero-order valence-corrected chi connectivity index (χ0v) is 11.5. The third-order valence-corrected chi connectivity index (χ3v) is 3.79. The first-order chi connectivity index (χ1) is 10.1. The predicted molar refractivity (Wildman–Crippen MR) is 80.7 cm³/mol. The number of hydrogen-bond donors (Lipinski definition) is 1. The first-order valence-electron chi connectivity index (χ1n) is 6.05. The molecule has 21 heavy (non-hydrogen) atoms. The summed E-state index contributed by atoms with van der Waals surface area (Å²) >= 11 is 1.20. The molecule has 0 aliphatic heterocycles. The van der Waals surface area contributed by atoms with Crippen molar-refractivity contribution in [2.24, 2.45) is 0 Å². The van der Waals surface area contributed by atoms with Gasteiger partial charge in [0.05, 0.1) is 9.62 Å². The minimum absolute atomic E-state index is 0.0658. The minimum Gasteiger partial charge on any atom is -0.298 e. The van der Waals surface area contributed by atoms with E-state index < -0.39 is 4.92 Å². The van der Waals surface area contributed by atoms with Crippen molar-refractivity contribution >= 4 is 38.3 Å². The molecule has 0 aliphatic rings. The maximum absolute atomic E-state index is 12.0. The number of nitro benzene ring substituents is 1. The van der Waals surface area contributed by atoms with Crippen molar-refractivity contribution in [3.63, 3.8) is 0 Å². The van der Waals surface area contributed by atoms with Crippen LogP contribution in [-0.2, 0) is 0 Å². The van der Waals surface area contributed by atoms with Crippen LogP contribution in [0, 0.1) is 10.1 Å². The molecule has 0 unspecified atom stereocenters. The number of nitrogens with zero attached hydrogens (tertiary/aromatic N) is 2. The van der Waals surface area contributed by atoms with Gasteiger partial charge in [0.15, 0.2) is 10.6 Å². The highest BCUT2D eigenvalue weighted by molar-refractivity contribution is 7.22. The lowest BCUT2D eigenvalue weighted by molar-refractivity contribution is -0.383. The van der Waals surface area contributed by atoms with Gasteiger partial charge in [-0.05, 0) is 18.2 Å². The molecule has 1 heterocycles. The Morgan fingerprint density at radius 3 is 2.62 bits per heavy atom. The van der Waals surface area contributed by atoms with Gasteiger partial charge in [0.2, 0.25) is 0 Å². The van der Waals surface area contributed by atoms with Crippen LogP contribution in [0.15, 0.2) is 48.5 Å². The van der Waals surface area contributed by atoms with Crippen LogP contribution in [0.3, 0.4) is 0 Å². The Hall–Kier alpha value is -2.80. The van der Waals surface area contributed by atoms with Crippen molar-refractivity contribution < 1.29 is 9.72 Å². The minimum atomic E-state index is -0.481. The van der Waals surface area contributed by atoms with E-state index >= 15 is 0 Å². The lowest BCUT2D eigenvalue weighted by atomic mass is 10.2. The summed E-state index contributed by atoms with van der Waals surface area (Å²) in [5.74, 6) is -0.294. The van der Waals surface area contributed by atoms with Gasteiger partial charge in [0.25, 0.3) is 11.6 Å². The van der Waals surface area contributed by atoms with E-state index in [4.69, 9.17) is 0 Å². The average Bonchev–Trinajstić information content (AvgIpc) is 2.89. The highest BCUT2D eigenvalue weighted by atomic mass is 32.1. The monoisotopic (exact) mass is 299 g/mol. The highest BCUT2D eigenvalue weighted by Crippen LogP contribution is 2.32. The zero-order chi connectivity index (χ0) is 14.8. The molecule has 3 aromatic rings. The number of thiazole rings is 1. The number of anilines is 1. The topological polar surface area (TPSA) is 85.1 Å². The number of carbonyl (C=O) groups is 1. The van der Waals surface area contributed by atoms with Gasteiger partial charge in [-0.25, -0.2) is 4.98 Å².